The van der Waals surface area contributed by atoms with Crippen molar-refractivity contribution in [2.75, 3.05) is 32.9 Å². The van der Waals surface area contributed by atoms with E-state index in [1.165, 1.54) is 7.05 Å². The Hall–Kier alpha value is -1.74. The number of carbonyl (C=O) groups excluding carboxylic acids is 1. The molecular formula is C15H24N4O4S. The van der Waals surface area contributed by atoms with Gasteiger partial charge in [0.2, 0.25) is 21.8 Å². The maximum absolute atomic E-state index is 12.2. The van der Waals surface area contributed by atoms with Crippen LogP contribution in [0.1, 0.15) is 24.4 Å². The summed E-state index contributed by atoms with van der Waals surface area (Å²) in [5.74, 6) is 1.04. The number of aryl methyl sites for hydroxylation is 2. The van der Waals surface area contributed by atoms with Gasteiger partial charge in [0.05, 0.1) is 12.8 Å². The first kappa shape index (κ1) is 18.6. The number of amides is 1. The van der Waals surface area contributed by atoms with E-state index in [1.807, 2.05) is 13.8 Å². The van der Waals surface area contributed by atoms with Gasteiger partial charge in [-0.2, -0.15) is 9.29 Å². The molecule has 1 saturated heterocycles. The van der Waals surface area contributed by atoms with Gasteiger partial charge in [-0.25, -0.2) is 13.4 Å². The van der Waals surface area contributed by atoms with E-state index in [0.29, 0.717) is 37.6 Å². The lowest BCUT2D eigenvalue weighted by atomic mass is 10.1. The van der Waals surface area contributed by atoms with Crippen molar-refractivity contribution in [2.45, 2.75) is 32.8 Å². The number of piperidine rings is 1. The second-order valence-electron chi connectivity index (χ2n) is 6.11. The largest absolute Gasteiger partial charge is 0.474 e. The molecule has 2 heterocycles. The van der Waals surface area contributed by atoms with Crippen molar-refractivity contribution in [1.82, 2.24) is 19.2 Å². The molecule has 1 amide bonds. The first-order chi connectivity index (χ1) is 11.1. The highest BCUT2D eigenvalue weighted by Crippen LogP contribution is 2.18. The lowest BCUT2D eigenvalue weighted by Gasteiger charge is -2.32. The van der Waals surface area contributed by atoms with Gasteiger partial charge in [-0.3, -0.25) is 4.79 Å². The summed E-state index contributed by atoms with van der Waals surface area (Å²) in [4.78, 5) is 22.3. The molecule has 9 heteroatoms. The van der Waals surface area contributed by atoms with Crippen LogP contribution in [0.15, 0.2) is 6.07 Å². The third-order valence-corrected chi connectivity index (χ3v) is 5.21. The highest BCUT2D eigenvalue weighted by molar-refractivity contribution is 7.88. The summed E-state index contributed by atoms with van der Waals surface area (Å²) in [6.07, 6.45) is 2.47. The van der Waals surface area contributed by atoms with Gasteiger partial charge >= 0.3 is 0 Å². The summed E-state index contributed by atoms with van der Waals surface area (Å²) in [5.41, 5.74) is 0.855. The fourth-order valence-electron chi connectivity index (χ4n) is 2.54. The molecule has 0 unspecified atom stereocenters. The van der Waals surface area contributed by atoms with Crippen molar-refractivity contribution in [3.05, 3.63) is 17.6 Å². The molecule has 0 N–H and O–H groups in total. The Bertz CT molecular complexity index is 679. The molecule has 0 spiro atoms. The minimum Gasteiger partial charge on any atom is -0.474 e. The first-order valence-corrected chi connectivity index (χ1v) is 9.68. The highest BCUT2D eigenvalue weighted by atomic mass is 32.2. The second-order valence-corrected chi connectivity index (χ2v) is 8.20. The van der Waals surface area contributed by atoms with Crippen molar-refractivity contribution < 1.29 is 17.9 Å². The van der Waals surface area contributed by atoms with Crippen LogP contribution in [0.5, 0.6) is 5.88 Å². The van der Waals surface area contributed by atoms with E-state index in [0.717, 1.165) is 16.3 Å². The summed E-state index contributed by atoms with van der Waals surface area (Å²) < 4.78 is 29.7. The molecule has 0 radical (unpaired) electrons. The van der Waals surface area contributed by atoms with Crippen LogP contribution in [0.3, 0.4) is 0 Å². The summed E-state index contributed by atoms with van der Waals surface area (Å²) in [6.45, 7) is 4.67. The summed E-state index contributed by atoms with van der Waals surface area (Å²) in [5, 5.41) is 0. The lowest BCUT2D eigenvalue weighted by molar-refractivity contribution is -0.133. The third kappa shape index (κ3) is 5.13. The normalized spacial score (nSPS) is 16.5. The topological polar surface area (TPSA) is 92.7 Å². The van der Waals surface area contributed by atoms with Crippen molar-refractivity contribution in [1.29, 1.82) is 0 Å². The van der Waals surface area contributed by atoms with Gasteiger partial charge in [0, 0.05) is 44.7 Å². The molecule has 1 aromatic rings. The Morgan fingerprint density at radius 1 is 1.33 bits per heavy atom. The van der Waals surface area contributed by atoms with E-state index in [1.54, 1.807) is 11.0 Å². The van der Waals surface area contributed by atoms with E-state index >= 15 is 0 Å². The Labute approximate surface area is 142 Å². The van der Waals surface area contributed by atoms with Gasteiger partial charge < -0.3 is 9.64 Å². The summed E-state index contributed by atoms with van der Waals surface area (Å²) in [7, 11) is -1.94. The number of sulfonamides is 1. The number of aromatic nitrogens is 2. The van der Waals surface area contributed by atoms with Crippen LogP contribution in [-0.4, -0.2) is 72.5 Å². The molecule has 1 aromatic heterocycles. The van der Waals surface area contributed by atoms with Crippen LogP contribution in [0.2, 0.25) is 0 Å². The predicted octanol–water partition coefficient (Wildman–Crippen LogP) is 0.355. The molecule has 134 valence electrons. The molecule has 1 fully saturated rings. The van der Waals surface area contributed by atoms with E-state index in [4.69, 9.17) is 4.74 Å². The van der Waals surface area contributed by atoms with Gasteiger partial charge in [0.25, 0.3) is 0 Å². The van der Waals surface area contributed by atoms with Gasteiger partial charge in [-0.15, -0.1) is 0 Å². The Kier molecular flexibility index (Phi) is 5.76. The van der Waals surface area contributed by atoms with Crippen molar-refractivity contribution in [3.63, 3.8) is 0 Å². The fourth-order valence-corrected chi connectivity index (χ4v) is 2.89. The van der Waals surface area contributed by atoms with Gasteiger partial charge in [-0.1, -0.05) is 0 Å². The van der Waals surface area contributed by atoms with Crippen molar-refractivity contribution >= 4 is 15.9 Å². The molecule has 1 aliphatic heterocycles. The number of rotatable bonds is 5. The summed E-state index contributed by atoms with van der Waals surface area (Å²) >= 11 is 0. The molecule has 8 nitrogen and oxygen atoms in total. The number of hydrogen-bond acceptors (Lipinski definition) is 6. The number of likely N-dealkylation sites (tertiary alicyclic amines) is 1. The maximum atomic E-state index is 12.2. The predicted molar refractivity (Wildman–Crippen MR) is 89.2 cm³/mol. The van der Waals surface area contributed by atoms with Crippen LogP contribution in [0.4, 0.5) is 0 Å². The number of carbonyl (C=O) groups is 1. The zero-order chi connectivity index (χ0) is 17.9. The standard InChI is InChI=1S/C15H24N4O4S/c1-11-9-14(17-12(2)16-11)23-13-5-7-19(8-6-13)15(20)10-18(3)24(4,21)22/h9,13H,5-8,10H2,1-4H3. The van der Waals surface area contributed by atoms with Crippen LogP contribution < -0.4 is 4.74 Å². The van der Waals surface area contributed by atoms with Gasteiger partial charge in [0.15, 0.2) is 0 Å². The first-order valence-electron chi connectivity index (χ1n) is 7.83. The number of ether oxygens (including phenoxy) is 1. The minimum atomic E-state index is -3.35. The molecular weight excluding hydrogens is 332 g/mol. The average Bonchev–Trinajstić information content (AvgIpc) is 2.45. The van der Waals surface area contributed by atoms with Crippen LogP contribution in [-0.2, 0) is 14.8 Å². The van der Waals surface area contributed by atoms with Crippen molar-refractivity contribution in [3.8, 4) is 5.88 Å². The monoisotopic (exact) mass is 356 g/mol. The molecule has 0 atom stereocenters. The van der Waals surface area contributed by atoms with Crippen LogP contribution in [0, 0.1) is 13.8 Å². The molecule has 2 rings (SSSR count). The molecule has 0 aliphatic carbocycles. The Balaban J connectivity index is 1.86. The quantitative estimate of drug-likeness (QED) is 0.756. The fraction of sp³-hybridized carbons (Fsp3) is 0.667. The zero-order valence-corrected chi connectivity index (χ0v) is 15.3. The van der Waals surface area contributed by atoms with E-state index in [9.17, 15) is 13.2 Å². The van der Waals surface area contributed by atoms with Crippen LogP contribution >= 0.6 is 0 Å². The highest BCUT2D eigenvalue weighted by Gasteiger charge is 2.26. The smallest absolute Gasteiger partial charge is 0.237 e. The molecule has 0 aromatic carbocycles. The van der Waals surface area contributed by atoms with Gasteiger partial charge in [-0.05, 0) is 13.8 Å². The maximum Gasteiger partial charge on any atom is 0.237 e. The molecule has 0 saturated carbocycles. The molecule has 0 bridgehead atoms. The van der Waals surface area contributed by atoms with Crippen LogP contribution in [0.25, 0.3) is 0 Å². The Morgan fingerprint density at radius 3 is 2.50 bits per heavy atom. The molecule has 1 aliphatic rings. The second kappa shape index (κ2) is 7.43. The summed E-state index contributed by atoms with van der Waals surface area (Å²) in [6, 6.07) is 1.80. The number of likely N-dealkylation sites (N-methyl/N-ethyl adjacent to an activating group) is 1. The number of nitrogens with zero attached hydrogens (tertiary/aromatic N) is 4. The minimum absolute atomic E-state index is 0.00427. The number of hydrogen-bond donors (Lipinski definition) is 0. The third-order valence-electron chi connectivity index (χ3n) is 3.95. The van der Waals surface area contributed by atoms with E-state index in [2.05, 4.69) is 9.97 Å². The van der Waals surface area contributed by atoms with E-state index in [-0.39, 0.29) is 18.6 Å². The zero-order valence-electron chi connectivity index (χ0n) is 14.5. The SMILES string of the molecule is Cc1cc(OC2CCN(C(=O)CN(C)S(C)(=O)=O)CC2)nc(C)n1. The lowest BCUT2D eigenvalue weighted by Crippen LogP contribution is -2.46. The molecule has 24 heavy (non-hydrogen) atoms. The van der Waals surface area contributed by atoms with E-state index < -0.39 is 10.0 Å². The van der Waals surface area contributed by atoms with Gasteiger partial charge in [0.1, 0.15) is 11.9 Å². The van der Waals surface area contributed by atoms with Crippen molar-refractivity contribution in [2.24, 2.45) is 0 Å². The Morgan fingerprint density at radius 2 is 1.96 bits per heavy atom. The average molecular weight is 356 g/mol.